The van der Waals surface area contributed by atoms with E-state index in [0.29, 0.717) is 5.69 Å². The minimum atomic E-state index is -0.790. The molecule has 1 aromatic heterocycles. The van der Waals surface area contributed by atoms with Crippen LogP contribution in [0.2, 0.25) is 0 Å². The van der Waals surface area contributed by atoms with Gasteiger partial charge in [0.15, 0.2) is 11.5 Å². The highest BCUT2D eigenvalue weighted by molar-refractivity contribution is 9.10. The second-order valence-corrected chi connectivity index (χ2v) is 4.82. The number of rotatable bonds is 4. The summed E-state index contributed by atoms with van der Waals surface area (Å²) in [6.07, 6.45) is 0. The monoisotopic (exact) mass is 338 g/mol. The van der Waals surface area contributed by atoms with Gasteiger partial charge < -0.3 is 16.8 Å². The Balaban J connectivity index is 2.05. The Morgan fingerprint density at radius 3 is 2.50 bits per heavy atom. The van der Waals surface area contributed by atoms with Crippen LogP contribution in [0.5, 0.6) is 0 Å². The largest absolute Gasteiger partial charge is 0.382 e. The molecule has 1 aromatic carbocycles. The van der Waals surface area contributed by atoms with E-state index >= 15 is 0 Å². The number of nitrogens with zero attached hydrogens (tertiary/aromatic N) is 3. The quantitative estimate of drug-likeness (QED) is 0.741. The molecule has 1 heterocycles. The molecule has 104 valence electrons. The minimum Gasteiger partial charge on any atom is -0.382 e. The predicted molar refractivity (Wildman–Crippen MR) is 75.7 cm³/mol. The first kappa shape index (κ1) is 14.0. The molecule has 2 aromatic rings. The van der Waals surface area contributed by atoms with Crippen LogP contribution in [0, 0.1) is 0 Å². The molecule has 0 aliphatic heterocycles. The summed E-state index contributed by atoms with van der Waals surface area (Å²) in [5.41, 5.74) is 11.2. The van der Waals surface area contributed by atoms with Crippen LogP contribution in [0.3, 0.4) is 0 Å². The van der Waals surface area contributed by atoms with Crippen molar-refractivity contribution in [2.24, 2.45) is 5.73 Å². The number of nitrogen functional groups attached to an aromatic ring is 1. The fourth-order valence-corrected chi connectivity index (χ4v) is 1.75. The summed E-state index contributed by atoms with van der Waals surface area (Å²) in [5.74, 6) is -1.18. The number of benzene rings is 1. The number of amides is 2. The zero-order valence-corrected chi connectivity index (χ0v) is 11.8. The molecule has 8 nitrogen and oxygen atoms in total. The number of anilines is 2. The summed E-state index contributed by atoms with van der Waals surface area (Å²) in [5, 5.41) is 9.78. The summed E-state index contributed by atoms with van der Waals surface area (Å²) < 4.78 is 2.01. The fourth-order valence-electron chi connectivity index (χ4n) is 1.48. The topological polar surface area (TPSA) is 129 Å². The lowest BCUT2D eigenvalue weighted by atomic mass is 10.3. The van der Waals surface area contributed by atoms with Gasteiger partial charge in [-0.3, -0.25) is 9.59 Å². The number of primary amides is 1. The minimum absolute atomic E-state index is 0.0385. The van der Waals surface area contributed by atoms with Gasteiger partial charge in [0.1, 0.15) is 6.54 Å². The standard InChI is InChI=1S/C11H11BrN6O2/c12-6-1-3-7(4-2-6)15-8(19)5-18-10(13)9(11(14)20)16-17-18/h1-4H,5,13H2,(H2,14,20)(H,15,19). The lowest BCUT2D eigenvalue weighted by Crippen LogP contribution is -2.21. The summed E-state index contributed by atoms with van der Waals surface area (Å²) >= 11 is 3.30. The first-order valence-electron chi connectivity index (χ1n) is 5.51. The van der Waals surface area contributed by atoms with Crippen molar-refractivity contribution in [1.29, 1.82) is 0 Å². The normalized spacial score (nSPS) is 10.2. The Labute approximate surface area is 122 Å². The van der Waals surface area contributed by atoms with E-state index in [0.717, 1.165) is 9.15 Å². The van der Waals surface area contributed by atoms with Crippen LogP contribution in [0.1, 0.15) is 10.5 Å². The molecule has 5 N–H and O–H groups in total. The van der Waals surface area contributed by atoms with E-state index in [-0.39, 0.29) is 24.0 Å². The van der Waals surface area contributed by atoms with Gasteiger partial charge in [-0.1, -0.05) is 21.1 Å². The Morgan fingerprint density at radius 1 is 1.30 bits per heavy atom. The molecule has 0 spiro atoms. The number of nitrogens with one attached hydrogen (secondary N) is 1. The third-order valence-electron chi connectivity index (χ3n) is 2.43. The summed E-state index contributed by atoms with van der Waals surface area (Å²) in [7, 11) is 0. The van der Waals surface area contributed by atoms with Crippen LogP contribution in [0.4, 0.5) is 11.5 Å². The number of carbonyl (C=O) groups is 2. The number of carbonyl (C=O) groups excluding carboxylic acids is 2. The van der Waals surface area contributed by atoms with E-state index in [1.165, 1.54) is 0 Å². The van der Waals surface area contributed by atoms with Gasteiger partial charge >= 0.3 is 0 Å². The van der Waals surface area contributed by atoms with Crippen molar-refractivity contribution in [3.63, 3.8) is 0 Å². The van der Waals surface area contributed by atoms with Crippen molar-refractivity contribution in [2.75, 3.05) is 11.1 Å². The molecule has 0 fully saturated rings. The number of halogens is 1. The summed E-state index contributed by atoms with van der Waals surface area (Å²) in [4.78, 5) is 22.8. The predicted octanol–water partition coefficient (Wildman–Crippen LogP) is 0.360. The molecule has 9 heteroatoms. The van der Waals surface area contributed by atoms with Crippen LogP contribution < -0.4 is 16.8 Å². The molecule has 2 amide bonds. The number of hydrogen-bond donors (Lipinski definition) is 3. The van der Waals surface area contributed by atoms with Crippen LogP contribution in [0.15, 0.2) is 28.7 Å². The Morgan fingerprint density at radius 2 is 1.95 bits per heavy atom. The molecular weight excluding hydrogens is 328 g/mol. The summed E-state index contributed by atoms with van der Waals surface area (Å²) in [6.45, 7) is -0.165. The van der Waals surface area contributed by atoms with Crippen LogP contribution in [-0.2, 0) is 11.3 Å². The van der Waals surface area contributed by atoms with Gasteiger partial charge in [0.05, 0.1) is 0 Å². The number of hydrogen-bond acceptors (Lipinski definition) is 5. The first-order valence-corrected chi connectivity index (χ1v) is 6.31. The first-order chi connectivity index (χ1) is 9.47. The molecule has 0 saturated heterocycles. The van der Waals surface area contributed by atoms with Crippen molar-refractivity contribution in [2.45, 2.75) is 6.54 Å². The lowest BCUT2D eigenvalue weighted by Gasteiger charge is -2.06. The highest BCUT2D eigenvalue weighted by atomic mass is 79.9. The van der Waals surface area contributed by atoms with Crippen molar-refractivity contribution in [3.05, 3.63) is 34.4 Å². The Kier molecular flexibility index (Phi) is 3.99. The molecule has 0 saturated carbocycles. The van der Waals surface area contributed by atoms with Crippen molar-refractivity contribution in [3.8, 4) is 0 Å². The van der Waals surface area contributed by atoms with Crippen LogP contribution >= 0.6 is 15.9 Å². The van der Waals surface area contributed by atoms with Gasteiger partial charge in [0, 0.05) is 10.2 Å². The van der Waals surface area contributed by atoms with E-state index in [9.17, 15) is 9.59 Å². The molecule has 20 heavy (non-hydrogen) atoms. The average Bonchev–Trinajstić information content (AvgIpc) is 2.74. The molecule has 0 aliphatic rings. The van der Waals surface area contributed by atoms with Gasteiger partial charge in [-0.15, -0.1) is 5.10 Å². The van der Waals surface area contributed by atoms with E-state index < -0.39 is 5.91 Å². The Bertz CT molecular complexity index is 651. The maximum Gasteiger partial charge on any atom is 0.273 e. The zero-order valence-electron chi connectivity index (χ0n) is 10.2. The second kappa shape index (κ2) is 5.70. The van der Waals surface area contributed by atoms with E-state index in [1.807, 2.05) is 0 Å². The highest BCUT2D eigenvalue weighted by Crippen LogP contribution is 2.14. The Hall–Kier alpha value is -2.42. The van der Waals surface area contributed by atoms with Gasteiger partial charge in [-0.05, 0) is 24.3 Å². The summed E-state index contributed by atoms with van der Waals surface area (Å²) in [6, 6.07) is 7.07. The third-order valence-corrected chi connectivity index (χ3v) is 2.96. The van der Waals surface area contributed by atoms with Gasteiger partial charge in [-0.25, -0.2) is 4.68 Å². The number of aromatic nitrogens is 3. The third kappa shape index (κ3) is 3.12. The van der Waals surface area contributed by atoms with Crippen LogP contribution in [0.25, 0.3) is 0 Å². The van der Waals surface area contributed by atoms with Crippen molar-refractivity contribution < 1.29 is 9.59 Å². The van der Waals surface area contributed by atoms with E-state index in [2.05, 4.69) is 31.6 Å². The smallest absolute Gasteiger partial charge is 0.273 e. The molecule has 0 atom stereocenters. The lowest BCUT2D eigenvalue weighted by molar-refractivity contribution is -0.116. The molecular formula is C11H11BrN6O2. The van der Waals surface area contributed by atoms with Crippen molar-refractivity contribution >= 4 is 39.2 Å². The second-order valence-electron chi connectivity index (χ2n) is 3.90. The average molecular weight is 339 g/mol. The molecule has 0 radical (unpaired) electrons. The van der Waals surface area contributed by atoms with E-state index in [1.54, 1.807) is 24.3 Å². The number of nitrogens with two attached hydrogens (primary N) is 2. The molecule has 0 aliphatic carbocycles. The fraction of sp³-hybridized carbons (Fsp3) is 0.0909. The molecule has 0 bridgehead atoms. The van der Waals surface area contributed by atoms with Crippen LogP contribution in [-0.4, -0.2) is 26.8 Å². The van der Waals surface area contributed by atoms with Gasteiger partial charge in [-0.2, -0.15) is 0 Å². The van der Waals surface area contributed by atoms with E-state index in [4.69, 9.17) is 11.5 Å². The maximum absolute atomic E-state index is 11.8. The molecule has 0 unspecified atom stereocenters. The molecule has 2 rings (SSSR count). The SMILES string of the molecule is NC(=O)c1nnn(CC(=O)Nc2ccc(Br)cc2)c1N. The van der Waals surface area contributed by atoms with Gasteiger partial charge in [0.25, 0.3) is 5.91 Å². The van der Waals surface area contributed by atoms with Crippen molar-refractivity contribution in [1.82, 2.24) is 15.0 Å². The zero-order chi connectivity index (χ0) is 14.7. The van der Waals surface area contributed by atoms with Gasteiger partial charge in [0.2, 0.25) is 5.91 Å². The highest BCUT2D eigenvalue weighted by Gasteiger charge is 2.16. The maximum atomic E-state index is 11.8.